The third kappa shape index (κ3) is 3.24. The Bertz CT molecular complexity index is 628. The number of carbonyl (C=O) groups excluding carboxylic acids is 1. The van der Waals surface area contributed by atoms with E-state index in [1.54, 1.807) is 0 Å². The second kappa shape index (κ2) is 7.59. The molecule has 1 nitrogen and oxygen atoms in total. The monoisotopic (exact) mass is 384 g/mol. The van der Waals surface area contributed by atoms with Crippen LogP contribution < -0.4 is 0 Å². The van der Waals surface area contributed by atoms with E-state index in [-0.39, 0.29) is 5.41 Å². The van der Waals surface area contributed by atoms with E-state index in [0.717, 1.165) is 30.6 Å². The van der Waals surface area contributed by atoms with Crippen LogP contribution in [0.5, 0.6) is 0 Å². The van der Waals surface area contributed by atoms with Crippen molar-refractivity contribution in [2.75, 3.05) is 0 Å². The number of rotatable bonds is 4. The molecule has 158 valence electrons. The second-order valence-corrected chi connectivity index (χ2v) is 11.9. The van der Waals surface area contributed by atoms with Crippen LogP contribution in [0.3, 0.4) is 0 Å². The van der Waals surface area contributed by atoms with Gasteiger partial charge in [0, 0.05) is 12.3 Å². The van der Waals surface area contributed by atoms with Gasteiger partial charge in [0.15, 0.2) is 0 Å². The largest absolute Gasteiger partial charge is 0.299 e. The molecule has 0 saturated heterocycles. The molecule has 0 spiro atoms. The fourth-order valence-electron chi connectivity index (χ4n) is 8.89. The van der Waals surface area contributed by atoms with Crippen LogP contribution in [0, 0.1) is 46.3 Å². The molecule has 0 radical (unpaired) electrons. The van der Waals surface area contributed by atoms with Gasteiger partial charge in [0.2, 0.25) is 0 Å². The van der Waals surface area contributed by atoms with Crippen LogP contribution in [0.25, 0.3) is 0 Å². The van der Waals surface area contributed by atoms with Gasteiger partial charge >= 0.3 is 0 Å². The highest BCUT2D eigenvalue weighted by molar-refractivity contribution is 5.85. The summed E-state index contributed by atoms with van der Waals surface area (Å²) in [5.41, 5.74) is 2.27. The van der Waals surface area contributed by atoms with Crippen LogP contribution in [0.1, 0.15) is 105 Å². The van der Waals surface area contributed by atoms with Crippen molar-refractivity contribution in [2.24, 2.45) is 46.3 Å². The Morgan fingerprint density at radius 1 is 1.04 bits per heavy atom. The van der Waals surface area contributed by atoms with Crippen LogP contribution in [0.2, 0.25) is 0 Å². The number of allylic oxidation sites excluding steroid dienone is 2. The third-order valence-electron chi connectivity index (χ3n) is 10.2. The van der Waals surface area contributed by atoms with Crippen molar-refractivity contribution in [3.63, 3.8) is 0 Å². The summed E-state index contributed by atoms with van der Waals surface area (Å²) in [6.07, 6.45) is 17.0. The van der Waals surface area contributed by atoms with Crippen molar-refractivity contribution < 1.29 is 4.79 Å². The molecule has 4 saturated carbocycles. The summed E-state index contributed by atoms with van der Waals surface area (Å²) >= 11 is 0. The Balaban J connectivity index is 1.54. The van der Waals surface area contributed by atoms with Crippen LogP contribution in [-0.4, -0.2) is 5.78 Å². The van der Waals surface area contributed by atoms with Gasteiger partial charge in [-0.05, 0) is 106 Å². The molecular formula is C27H44O. The maximum atomic E-state index is 13.3. The molecule has 0 N–H and O–H groups in total. The van der Waals surface area contributed by atoms with E-state index in [4.69, 9.17) is 0 Å². The highest BCUT2D eigenvalue weighted by Crippen LogP contribution is 2.67. The highest BCUT2D eigenvalue weighted by Gasteiger charge is 2.62. The predicted molar refractivity (Wildman–Crippen MR) is 118 cm³/mol. The molecule has 0 bridgehead atoms. The Kier molecular flexibility index (Phi) is 5.60. The van der Waals surface area contributed by atoms with Gasteiger partial charge in [0.05, 0.1) is 0 Å². The van der Waals surface area contributed by atoms with Crippen LogP contribution in [0.4, 0.5) is 0 Å². The lowest BCUT2D eigenvalue weighted by Gasteiger charge is -2.60. The number of hydrogen-bond acceptors (Lipinski definition) is 1. The smallest absolute Gasteiger partial charge is 0.137 e. The predicted octanol–water partition coefficient (Wildman–Crippen LogP) is 7.60. The lowest BCUT2D eigenvalue weighted by atomic mass is 9.44. The Hall–Kier alpha value is -0.590. The van der Waals surface area contributed by atoms with Gasteiger partial charge < -0.3 is 0 Å². The van der Waals surface area contributed by atoms with Crippen molar-refractivity contribution in [3.05, 3.63) is 11.6 Å². The molecule has 4 aliphatic carbocycles. The fraction of sp³-hybridized carbons (Fsp3) is 0.889. The van der Waals surface area contributed by atoms with Crippen molar-refractivity contribution in [1.29, 1.82) is 0 Å². The van der Waals surface area contributed by atoms with Gasteiger partial charge in [-0.15, -0.1) is 0 Å². The minimum atomic E-state index is 0.278. The maximum absolute atomic E-state index is 13.3. The van der Waals surface area contributed by atoms with Crippen LogP contribution in [-0.2, 0) is 4.79 Å². The molecule has 0 aromatic heterocycles. The summed E-state index contributed by atoms with van der Waals surface area (Å²) in [7, 11) is 0. The zero-order valence-electron chi connectivity index (χ0n) is 19.2. The van der Waals surface area contributed by atoms with E-state index in [9.17, 15) is 4.79 Å². The number of hydrogen-bond donors (Lipinski definition) is 0. The molecule has 4 aliphatic rings. The Morgan fingerprint density at radius 3 is 2.57 bits per heavy atom. The molecule has 0 amide bonds. The average Bonchev–Trinajstić information content (AvgIpc) is 2.91. The fourth-order valence-corrected chi connectivity index (χ4v) is 8.89. The maximum Gasteiger partial charge on any atom is 0.137 e. The molecule has 4 rings (SSSR count). The SMILES string of the molecule is CC(C)=CCCC(C)[C@H]1C(=O)C[C@H]2[C@@H]3CC[C@H]4CCCC[C@]4(C)[C@H]3CC[C@]12C. The molecule has 0 aliphatic heterocycles. The van der Waals surface area contributed by atoms with Gasteiger partial charge in [-0.2, -0.15) is 0 Å². The lowest BCUT2D eigenvalue weighted by Crippen LogP contribution is -2.53. The summed E-state index contributed by atoms with van der Waals surface area (Å²) in [4.78, 5) is 13.3. The van der Waals surface area contributed by atoms with Gasteiger partial charge in [0.1, 0.15) is 5.78 Å². The molecule has 1 heteroatoms. The first kappa shape index (κ1) is 20.7. The number of fused-ring (bicyclic) bond motifs is 5. The average molecular weight is 385 g/mol. The lowest BCUT2D eigenvalue weighted by molar-refractivity contribution is -0.126. The molecule has 1 unspecified atom stereocenters. The summed E-state index contributed by atoms with van der Waals surface area (Å²) < 4.78 is 0. The van der Waals surface area contributed by atoms with E-state index >= 15 is 0 Å². The first-order chi connectivity index (χ1) is 13.3. The summed E-state index contributed by atoms with van der Waals surface area (Å²) in [6.45, 7) is 11.9. The van der Waals surface area contributed by atoms with Crippen molar-refractivity contribution in [1.82, 2.24) is 0 Å². The minimum Gasteiger partial charge on any atom is -0.299 e. The normalized spacial score (nSPS) is 46.3. The summed E-state index contributed by atoms with van der Waals surface area (Å²) in [5.74, 6) is 4.86. The number of Topliss-reactive ketones (excluding diaryl/α,β-unsaturated/α-hetero) is 1. The van der Waals surface area contributed by atoms with Gasteiger partial charge in [-0.1, -0.05) is 45.3 Å². The summed E-state index contributed by atoms with van der Waals surface area (Å²) in [6, 6.07) is 0. The Labute approximate surface area is 174 Å². The van der Waals surface area contributed by atoms with E-state index in [0.29, 0.717) is 29.0 Å². The van der Waals surface area contributed by atoms with E-state index in [1.807, 2.05) is 0 Å². The van der Waals surface area contributed by atoms with Gasteiger partial charge in [-0.25, -0.2) is 0 Å². The number of carbonyl (C=O) groups is 1. The first-order valence-corrected chi connectivity index (χ1v) is 12.4. The molecule has 0 heterocycles. The molecule has 0 aromatic carbocycles. The van der Waals surface area contributed by atoms with Crippen LogP contribution in [0.15, 0.2) is 11.6 Å². The summed E-state index contributed by atoms with van der Waals surface area (Å²) in [5, 5.41) is 0. The van der Waals surface area contributed by atoms with E-state index in [1.165, 1.54) is 63.4 Å². The number of ketones is 1. The quantitative estimate of drug-likeness (QED) is 0.456. The zero-order valence-corrected chi connectivity index (χ0v) is 19.2. The van der Waals surface area contributed by atoms with Gasteiger partial charge in [0.25, 0.3) is 0 Å². The second-order valence-electron chi connectivity index (χ2n) is 11.9. The van der Waals surface area contributed by atoms with Crippen molar-refractivity contribution in [3.8, 4) is 0 Å². The van der Waals surface area contributed by atoms with Gasteiger partial charge in [-0.3, -0.25) is 4.79 Å². The highest BCUT2D eigenvalue weighted by atomic mass is 16.1. The third-order valence-corrected chi connectivity index (χ3v) is 10.2. The topological polar surface area (TPSA) is 17.1 Å². The first-order valence-electron chi connectivity index (χ1n) is 12.4. The van der Waals surface area contributed by atoms with E-state index < -0.39 is 0 Å². The minimum absolute atomic E-state index is 0.278. The molecule has 8 atom stereocenters. The zero-order chi connectivity index (χ0) is 20.1. The van der Waals surface area contributed by atoms with E-state index in [2.05, 4.69) is 40.7 Å². The Morgan fingerprint density at radius 2 is 1.82 bits per heavy atom. The van der Waals surface area contributed by atoms with Crippen molar-refractivity contribution >= 4 is 5.78 Å². The molecule has 4 fully saturated rings. The molecule has 28 heavy (non-hydrogen) atoms. The molecular weight excluding hydrogens is 340 g/mol. The van der Waals surface area contributed by atoms with Crippen LogP contribution >= 0.6 is 0 Å². The van der Waals surface area contributed by atoms with Crippen molar-refractivity contribution in [2.45, 2.75) is 105 Å². The molecule has 0 aromatic rings. The standard InChI is InChI=1S/C27H44O/c1-18(2)9-8-10-19(3)25-24(28)17-23-21-13-12-20-11-6-7-15-26(20,4)22(21)14-16-27(23,25)5/h9,19-23,25H,6-8,10-17H2,1-5H3/t19?,20-,21-,22+,23+,25+,26+,27+/m1/s1.